The number of carbonyl (C=O) groups is 2. The van der Waals surface area contributed by atoms with E-state index < -0.39 is 12.0 Å². The van der Waals surface area contributed by atoms with Crippen LogP contribution < -0.4 is 10.1 Å². The van der Waals surface area contributed by atoms with Crippen LogP contribution in [-0.4, -0.2) is 43.6 Å². The molecule has 1 aromatic heterocycles. The lowest BCUT2D eigenvalue weighted by molar-refractivity contribution is -0.124. The number of carbonyl (C=O) groups excluding carboxylic acids is 2. The minimum Gasteiger partial charge on any atom is -0.494 e. The van der Waals surface area contributed by atoms with Gasteiger partial charge in [0.05, 0.1) is 25.2 Å². The molecule has 7 heteroatoms. The molecule has 0 aliphatic carbocycles. The highest BCUT2D eigenvalue weighted by Gasteiger charge is 2.44. The molecule has 1 aliphatic heterocycles. The van der Waals surface area contributed by atoms with Crippen LogP contribution in [0.3, 0.4) is 0 Å². The number of para-hydroxylation sites is 1. The third kappa shape index (κ3) is 4.79. The molecule has 0 radical (unpaired) electrons. The maximum atomic E-state index is 13.7. The van der Waals surface area contributed by atoms with Crippen molar-refractivity contribution in [3.8, 4) is 5.75 Å². The van der Waals surface area contributed by atoms with Crippen molar-refractivity contribution in [2.24, 2.45) is 0 Å². The zero-order valence-electron chi connectivity index (χ0n) is 18.8. The number of ether oxygens (including phenoxy) is 2. The van der Waals surface area contributed by atoms with Crippen molar-refractivity contribution in [2.75, 3.05) is 26.9 Å². The van der Waals surface area contributed by atoms with E-state index in [4.69, 9.17) is 9.47 Å². The molecule has 172 valence electrons. The lowest BCUT2D eigenvalue weighted by atomic mass is 9.81. The van der Waals surface area contributed by atoms with Gasteiger partial charge >= 0.3 is 0 Å². The van der Waals surface area contributed by atoms with E-state index in [0.717, 1.165) is 21.8 Å². The summed E-state index contributed by atoms with van der Waals surface area (Å²) in [6.07, 6.45) is 0. The third-order valence-electron chi connectivity index (χ3n) is 5.82. The summed E-state index contributed by atoms with van der Waals surface area (Å²) >= 11 is 1.55. The summed E-state index contributed by atoms with van der Waals surface area (Å²) in [6, 6.07) is 18.6. The molecule has 1 N–H and O–H groups in total. The van der Waals surface area contributed by atoms with E-state index in [0.29, 0.717) is 31.9 Å². The van der Waals surface area contributed by atoms with Gasteiger partial charge in [-0.25, -0.2) is 0 Å². The molecule has 4 rings (SSSR count). The quantitative estimate of drug-likeness (QED) is 0.510. The molecule has 2 amide bonds. The average molecular weight is 465 g/mol. The number of nitrogens with zero attached hydrogens (tertiary/aromatic N) is 1. The highest BCUT2D eigenvalue weighted by molar-refractivity contribution is 7.10. The Kier molecular flexibility index (Phi) is 7.42. The van der Waals surface area contributed by atoms with Crippen LogP contribution in [0.15, 0.2) is 66.0 Å². The molecule has 0 bridgehead atoms. The topological polar surface area (TPSA) is 67.9 Å². The normalized spacial score (nSPS) is 17.5. The first-order chi connectivity index (χ1) is 16.2. The number of amides is 2. The summed E-state index contributed by atoms with van der Waals surface area (Å²) in [5.41, 5.74) is 2.23. The van der Waals surface area contributed by atoms with Crippen molar-refractivity contribution in [3.05, 3.63) is 87.6 Å². The standard InChI is InChI=1S/C26H28N2O4S/c1-3-32-21-12-7-4-9-18(21)17-27-25(29)23-19-10-5-6-11-20(19)26(30)28(14-15-31-2)24(23)22-13-8-16-33-22/h4-13,16,23-24H,3,14-15,17H2,1-2H3,(H,27,29). The SMILES string of the molecule is CCOc1ccccc1CNC(=O)C1c2ccccc2C(=O)N(CCOC)C1c1cccs1. The molecule has 33 heavy (non-hydrogen) atoms. The second-order valence-corrected chi connectivity index (χ2v) is 8.75. The molecule has 2 atom stereocenters. The molecule has 0 saturated heterocycles. The Labute approximate surface area is 198 Å². The van der Waals surface area contributed by atoms with Gasteiger partial charge in [0.2, 0.25) is 5.91 Å². The Hall–Kier alpha value is -3.16. The van der Waals surface area contributed by atoms with Crippen molar-refractivity contribution < 1.29 is 19.1 Å². The second-order valence-electron chi connectivity index (χ2n) is 7.78. The predicted molar refractivity (Wildman–Crippen MR) is 129 cm³/mol. The maximum Gasteiger partial charge on any atom is 0.254 e. The van der Waals surface area contributed by atoms with Gasteiger partial charge < -0.3 is 19.7 Å². The van der Waals surface area contributed by atoms with Crippen molar-refractivity contribution in [3.63, 3.8) is 0 Å². The first-order valence-electron chi connectivity index (χ1n) is 11.1. The van der Waals surface area contributed by atoms with Gasteiger partial charge in [0.1, 0.15) is 5.75 Å². The number of hydrogen-bond acceptors (Lipinski definition) is 5. The predicted octanol–water partition coefficient (Wildman–Crippen LogP) is 4.39. The van der Waals surface area contributed by atoms with Crippen LogP contribution in [0.4, 0.5) is 0 Å². The fraction of sp³-hybridized carbons (Fsp3) is 0.308. The molecule has 2 heterocycles. The zero-order chi connectivity index (χ0) is 23.2. The van der Waals surface area contributed by atoms with Gasteiger partial charge in [0.15, 0.2) is 0 Å². The molecule has 1 aliphatic rings. The second kappa shape index (κ2) is 10.6. The molecule has 0 saturated carbocycles. The van der Waals surface area contributed by atoms with Gasteiger partial charge in [-0.05, 0) is 36.1 Å². The summed E-state index contributed by atoms with van der Waals surface area (Å²) < 4.78 is 11.0. The van der Waals surface area contributed by atoms with Crippen molar-refractivity contribution in [2.45, 2.75) is 25.4 Å². The van der Waals surface area contributed by atoms with Gasteiger partial charge in [0.25, 0.3) is 5.91 Å². The lowest BCUT2D eigenvalue weighted by Gasteiger charge is -2.41. The summed E-state index contributed by atoms with van der Waals surface area (Å²) in [5.74, 6) is 0.0265. The van der Waals surface area contributed by atoms with Crippen molar-refractivity contribution in [1.82, 2.24) is 10.2 Å². The monoisotopic (exact) mass is 464 g/mol. The van der Waals surface area contributed by atoms with Gasteiger partial charge in [-0.15, -0.1) is 11.3 Å². The molecule has 2 aromatic carbocycles. The zero-order valence-corrected chi connectivity index (χ0v) is 19.6. The average Bonchev–Trinajstić information content (AvgIpc) is 3.37. The Bertz CT molecular complexity index is 1100. The highest BCUT2D eigenvalue weighted by Crippen LogP contribution is 2.44. The number of methoxy groups -OCH3 is 1. The smallest absolute Gasteiger partial charge is 0.254 e. The number of thiophene rings is 1. The Morgan fingerprint density at radius 3 is 2.64 bits per heavy atom. The van der Waals surface area contributed by atoms with Crippen LogP contribution in [-0.2, 0) is 16.1 Å². The first kappa shape index (κ1) is 23.0. The summed E-state index contributed by atoms with van der Waals surface area (Å²) in [6.45, 7) is 3.63. The van der Waals surface area contributed by atoms with Crippen LogP contribution in [0, 0.1) is 0 Å². The summed E-state index contributed by atoms with van der Waals surface area (Å²) in [5, 5.41) is 5.08. The minimum atomic E-state index is -0.534. The molecule has 0 fully saturated rings. The molecular weight excluding hydrogens is 436 g/mol. The van der Waals surface area contributed by atoms with Crippen LogP contribution in [0.5, 0.6) is 5.75 Å². The van der Waals surface area contributed by atoms with E-state index in [9.17, 15) is 9.59 Å². The number of nitrogens with one attached hydrogen (secondary N) is 1. The summed E-state index contributed by atoms with van der Waals surface area (Å²) in [7, 11) is 1.61. The summed E-state index contributed by atoms with van der Waals surface area (Å²) in [4.78, 5) is 29.9. The molecule has 6 nitrogen and oxygen atoms in total. The Balaban J connectivity index is 1.69. The van der Waals surface area contributed by atoms with Crippen LogP contribution in [0.25, 0.3) is 0 Å². The molecule has 0 spiro atoms. The number of benzene rings is 2. The molecular formula is C26H28N2O4S. The fourth-order valence-corrected chi connectivity index (χ4v) is 5.20. The van der Waals surface area contributed by atoms with E-state index in [1.165, 1.54) is 0 Å². The first-order valence-corrected chi connectivity index (χ1v) is 11.9. The van der Waals surface area contributed by atoms with Crippen LogP contribution in [0.1, 0.15) is 45.2 Å². The minimum absolute atomic E-state index is 0.0770. The number of hydrogen-bond donors (Lipinski definition) is 1. The Morgan fingerprint density at radius 2 is 1.88 bits per heavy atom. The van der Waals surface area contributed by atoms with E-state index in [1.54, 1.807) is 29.4 Å². The molecule has 2 unspecified atom stereocenters. The van der Waals surface area contributed by atoms with Gasteiger partial charge in [0, 0.05) is 36.2 Å². The van der Waals surface area contributed by atoms with E-state index in [2.05, 4.69) is 5.32 Å². The lowest BCUT2D eigenvalue weighted by Crippen LogP contribution is -2.48. The number of rotatable bonds is 9. The van der Waals surface area contributed by atoms with Gasteiger partial charge in [-0.3, -0.25) is 9.59 Å². The highest BCUT2D eigenvalue weighted by atomic mass is 32.1. The van der Waals surface area contributed by atoms with E-state index in [-0.39, 0.29) is 11.8 Å². The molecule has 3 aromatic rings. The van der Waals surface area contributed by atoms with Crippen molar-refractivity contribution in [1.29, 1.82) is 0 Å². The van der Waals surface area contributed by atoms with Gasteiger partial charge in [-0.1, -0.05) is 42.5 Å². The van der Waals surface area contributed by atoms with Crippen molar-refractivity contribution >= 4 is 23.2 Å². The number of fused-ring (bicyclic) bond motifs is 1. The van der Waals surface area contributed by atoms with Crippen LogP contribution >= 0.6 is 11.3 Å². The van der Waals surface area contributed by atoms with Crippen LogP contribution in [0.2, 0.25) is 0 Å². The van der Waals surface area contributed by atoms with Gasteiger partial charge in [-0.2, -0.15) is 0 Å². The third-order valence-corrected chi connectivity index (χ3v) is 6.76. The largest absolute Gasteiger partial charge is 0.494 e. The maximum absolute atomic E-state index is 13.7. The van der Waals surface area contributed by atoms with E-state index in [1.807, 2.05) is 66.9 Å². The van der Waals surface area contributed by atoms with E-state index >= 15 is 0 Å². The fourth-order valence-electron chi connectivity index (χ4n) is 4.32. The Morgan fingerprint density at radius 1 is 1.09 bits per heavy atom.